The summed E-state index contributed by atoms with van der Waals surface area (Å²) in [4.78, 5) is 18.9. The van der Waals surface area contributed by atoms with Crippen molar-refractivity contribution in [1.82, 2.24) is 10.1 Å². The van der Waals surface area contributed by atoms with Crippen LogP contribution in [0.4, 0.5) is 13.2 Å². The summed E-state index contributed by atoms with van der Waals surface area (Å²) >= 11 is 0. The number of amidine groups is 1. The average Bonchev–Trinajstić information content (AvgIpc) is 3.12. The van der Waals surface area contributed by atoms with Crippen LogP contribution in [0.15, 0.2) is 35.4 Å². The number of hydrogen-bond donors (Lipinski definition) is 0. The topological polar surface area (TPSA) is 45.1 Å². The van der Waals surface area contributed by atoms with Crippen molar-refractivity contribution in [3.63, 3.8) is 0 Å². The zero-order chi connectivity index (χ0) is 23.0. The third-order valence-corrected chi connectivity index (χ3v) is 8.78. The molecule has 2 aliphatic heterocycles. The Morgan fingerprint density at radius 3 is 2.21 bits per heavy atom. The van der Waals surface area contributed by atoms with Crippen molar-refractivity contribution in [3.05, 3.63) is 35.9 Å². The molecule has 4 aliphatic carbocycles. The molecule has 7 rings (SSSR count). The van der Waals surface area contributed by atoms with Gasteiger partial charge in [0.15, 0.2) is 6.17 Å². The number of hydrogen-bond acceptors (Lipinski definition) is 5. The summed E-state index contributed by atoms with van der Waals surface area (Å²) in [7, 11) is 0. The quantitative estimate of drug-likeness (QED) is 0.613. The van der Waals surface area contributed by atoms with Gasteiger partial charge in [-0.15, -0.1) is 5.10 Å². The third kappa shape index (κ3) is 3.51. The SMILES string of the molecule is CC1CC(c2ccccc2)CN2C(C34CC5CC(CC(C5)C3)C4)=NN(OC(=O)C(F)(F)F)C12. The highest BCUT2D eigenvalue weighted by Gasteiger charge is 2.59. The Labute approximate surface area is 191 Å². The molecule has 0 radical (unpaired) electrons. The van der Waals surface area contributed by atoms with E-state index in [9.17, 15) is 18.0 Å². The van der Waals surface area contributed by atoms with Crippen LogP contribution in [0.5, 0.6) is 0 Å². The third-order valence-electron chi connectivity index (χ3n) is 8.78. The first-order valence-electron chi connectivity index (χ1n) is 12.2. The molecular formula is C25H30F3N3O2. The number of carbonyl (C=O) groups excluding carboxylic acids is 1. The Kier molecular flexibility index (Phi) is 4.76. The minimum absolute atomic E-state index is 0.0137. The minimum Gasteiger partial charge on any atom is -0.332 e. The van der Waals surface area contributed by atoms with Gasteiger partial charge in [0.1, 0.15) is 5.84 Å². The van der Waals surface area contributed by atoms with E-state index in [-0.39, 0.29) is 17.3 Å². The van der Waals surface area contributed by atoms with Crippen LogP contribution in [0.3, 0.4) is 0 Å². The second-order valence-corrected chi connectivity index (χ2v) is 11.2. The highest BCUT2D eigenvalue weighted by molar-refractivity contribution is 5.90. The van der Waals surface area contributed by atoms with Gasteiger partial charge in [0.25, 0.3) is 0 Å². The van der Waals surface area contributed by atoms with Gasteiger partial charge in [-0.2, -0.15) is 13.2 Å². The second-order valence-electron chi connectivity index (χ2n) is 11.2. The summed E-state index contributed by atoms with van der Waals surface area (Å²) in [5.74, 6) is 0.948. The van der Waals surface area contributed by atoms with E-state index >= 15 is 0 Å². The molecule has 1 aromatic rings. The van der Waals surface area contributed by atoms with Gasteiger partial charge in [0, 0.05) is 23.8 Å². The lowest BCUT2D eigenvalue weighted by Gasteiger charge is -2.58. The van der Waals surface area contributed by atoms with Crippen molar-refractivity contribution in [2.75, 3.05) is 6.54 Å². The van der Waals surface area contributed by atoms with Crippen LogP contribution < -0.4 is 0 Å². The Hall–Kier alpha value is -2.25. The number of piperidine rings is 1. The monoisotopic (exact) mass is 461 g/mol. The fourth-order valence-corrected chi connectivity index (χ4v) is 8.03. The lowest BCUT2D eigenvalue weighted by molar-refractivity contribution is -0.255. The molecule has 0 aromatic heterocycles. The van der Waals surface area contributed by atoms with E-state index in [1.807, 2.05) is 25.1 Å². The maximum atomic E-state index is 13.1. The number of rotatable bonds is 3. The van der Waals surface area contributed by atoms with E-state index in [1.165, 1.54) is 24.8 Å². The molecule has 0 N–H and O–H groups in total. The summed E-state index contributed by atoms with van der Waals surface area (Å²) < 4.78 is 39.2. The largest absolute Gasteiger partial charge is 0.493 e. The van der Waals surface area contributed by atoms with Crippen LogP contribution in [0.1, 0.15) is 63.4 Å². The molecule has 4 saturated carbocycles. The Bertz CT molecular complexity index is 928. The Balaban J connectivity index is 1.36. The number of fused-ring (bicyclic) bond motifs is 1. The van der Waals surface area contributed by atoms with E-state index in [4.69, 9.17) is 4.84 Å². The van der Waals surface area contributed by atoms with Gasteiger partial charge >= 0.3 is 12.1 Å². The summed E-state index contributed by atoms with van der Waals surface area (Å²) in [6.07, 6.45) is 2.22. The molecule has 3 atom stereocenters. The van der Waals surface area contributed by atoms with Gasteiger partial charge in [-0.05, 0) is 68.3 Å². The van der Waals surface area contributed by atoms with Crippen molar-refractivity contribution in [1.29, 1.82) is 0 Å². The second kappa shape index (κ2) is 7.37. The fourth-order valence-electron chi connectivity index (χ4n) is 8.03. The molecule has 5 nitrogen and oxygen atoms in total. The van der Waals surface area contributed by atoms with E-state index < -0.39 is 18.3 Å². The molecule has 6 aliphatic rings. The van der Waals surface area contributed by atoms with Gasteiger partial charge in [-0.3, -0.25) is 0 Å². The van der Waals surface area contributed by atoms with Crippen LogP contribution in [0.25, 0.3) is 0 Å². The van der Waals surface area contributed by atoms with Gasteiger partial charge in [-0.25, -0.2) is 4.79 Å². The van der Waals surface area contributed by atoms with Gasteiger partial charge in [0.05, 0.1) is 0 Å². The van der Waals surface area contributed by atoms with Crippen LogP contribution in [0, 0.1) is 29.1 Å². The fraction of sp³-hybridized carbons (Fsp3) is 0.680. The lowest BCUT2D eigenvalue weighted by Crippen LogP contribution is -2.58. The molecule has 1 saturated heterocycles. The standard InChI is InChI=1S/C25H30F3N3O2/c1-15-7-20(19-5-3-2-4-6-19)14-30-21(15)31(33-23(32)25(26,27)28)29-22(30)24-11-16-8-17(12-24)10-18(9-16)13-24/h2-6,15-18,20-21H,7-14H2,1H3. The van der Waals surface area contributed by atoms with Gasteiger partial charge in [0.2, 0.25) is 0 Å². The van der Waals surface area contributed by atoms with Crippen molar-refractivity contribution < 1.29 is 22.8 Å². The van der Waals surface area contributed by atoms with Gasteiger partial charge < -0.3 is 9.74 Å². The van der Waals surface area contributed by atoms with Crippen LogP contribution in [0.2, 0.25) is 0 Å². The number of alkyl halides is 3. The van der Waals surface area contributed by atoms with Crippen LogP contribution in [-0.2, 0) is 9.63 Å². The highest BCUT2D eigenvalue weighted by atomic mass is 19.4. The summed E-state index contributed by atoms with van der Waals surface area (Å²) in [6.45, 7) is 2.71. The summed E-state index contributed by atoms with van der Waals surface area (Å²) in [6, 6.07) is 10.3. The van der Waals surface area contributed by atoms with Crippen LogP contribution >= 0.6 is 0 Å². The van der Waals surface area contributed by atoms with E-state index in [0.29, 0.717) is 24.3 Å². The molecule has 3 unspecified atom stereocenters. The van der Waals surface area contributed by atoms with E-state index in [1.54, 1.807) is 0 Å². The Morgan fingerprint density at radius 2 is 1.64 bits per heavy atom. The Morgan fingerprint density at radius 1 is 1.03 bits per heavy atom. The number of halogens is 3. The molecule has 178 valence electrons. The normalized spacial score (nSPS) is 39.5. The van der Waals surface area contributed by atoms with Crippen molar-refractivity contribution >= 4 is 11.8 Å². The number of nitrogens with zero attached hydrogens (tertiary/aromatic N) is 3. The number of hydroxylamine groups is 1. The van der Waals surface area contributed by atoms with Crippen molar-refractivity contribution in [2.45, 2.75) is 70.1 Å². The molecule has 4 bridgehead atoms. The summed E-state index contributed by atoms with van der Waals surface area (Å²) in [5, 5.41) is 5.68. The predicted molar refractivity (Wildman–Crippen MR) is 115 cm³/mol. The van der Waals surface area contributed by atoms with Crippen molar-refractivity contribution in [3.8, 4) is 0 Å². The molecular weight excluding hydrogens is 431 g/mol. The first-order valence-corrected chi connectivity index (χ1v) is 12.2. The zero-order valence-corrected chi connectivity index (χ0v) is 18.8. The molecule has 33 heavy (non-hydrogen) atoms. The van der Waals surface area contributed by atoms with Gasteiger partial charge in [-0.1, -0.05) is 42.4 Å². The molecule has 2 heterocycles. The zero-order valence-electron chi connectivity index (χ0n) is 18.8. The number of benzene rings is 1. The average molecular weight is 462 g/mol. The molecule has 0 spiro atoms. The van der Waals surface area contributed by atoms with E-state index in [0.717, 1.165) is 36.7 Å². The first kappa shape index (κ1) is 21.3. The molecule has 8 heteroatoms. The maximum absolute atomic E-state index is 13.1. The maximum Gasteiger partial charge on any atom is 0.493 e. The molecule has 1 aromatic carbocycles. The highest BCUT2D eigenvalue weighted by Crippen LogP contribution is 2.62. The van der Waals surface area contributed by atoms with Crippen LogP contribution in [-0.4, -0.2) is 40.8 Å². The smallest absolute Gasteiger partial charge is 0.332 e. The minimum atomic E-state index is -5.05. The lowest BCUT2D eigenvalue weighted by atomic mass is 9.49. The number of carbonyl (C=O) groups is 1. The summed E-state index contributed by atoms with van der Waals surface area (Å²) in [5.41, 5.74) is 1.13. The number of hydrazone groups is 1. The molecule has 0 amide bonds. The first-order chi connectivity index (χ1) is 15.7. The van der Waals surface area contributed by atoms with Crippen molar-refractivity contribution in [2.24, 2.45) is 34.2 Å². The van der Waals surface area contributed by atoms with E-state index in [2.05, 4.69) is 22.1 Å². The molecule has 5 fully saturated rings. The predicted octanol–water partition coefficient (Wildman–Crippen LogP) is 5.30.